The lowest BCUT2D eigenvalue weighted by Gasteiger charge is -2.15. The molecule has 0 fully saturated rings. The maximum atomic E-state index is 12.9. The van der Waals surface area contributed by atoms with Crippen LogP contribution in [0.3, 0.4) is 0 Å². The molecule has 1 aliphatic rings. The van der Waals surface area contributed by atoms with Gasteiger partial charge in [-0.2, -0.15) is 13.2 Å². The number of aromatic nitrogens is 1. The zero-order valence-electron chi connectivity index (χ0n) is 15.8. The summed E-state index contributed by atoms with van der Waals surface area (Å²) in [6.07, 6.45) is -3.03. The summed E-state index contributed by atoms with van der Waals surface area (Å²) in [5, 5.41) is 3.46. The molecule has 11 heteroatoms. The lowest BCUT2D eigenvalue weighted by molar-refractivity contribution is -0.137. The van der Waals surface area contributed by atoms with E-state index in [9.17, 15) is 26.4 Å². The summed E-state index contributed by atoms with van der Waals surface area (Å²) in [5.41, 5.74) is 0.265. The number of hydrogen-bond acceptors (Lipinski definition) is 7. The summed E-state index contributed by atoms with van der Waals surface area (Å²) in [6, 6.07) is 8.63. The number of hydrogen-bond donors (Lipinski definition) is 0. The van der Waals surface area contributed by atoms with Crippen LogP contribution in [0.4, 0.5) is 13.2 Å². The quantitative estimate of drug-likeness (QED) is 0.558. The second-order valence-corrected chi connectivity index (χ2v) is 9.84. The van der Waals surface area contributed by atoms with Gasteiger partial charge in [0.15, 0.2) is 9.84 Å². The number of thiazole rings is 1. The minimum Gasteiger partial charge on any atom is -0.363 e. The van der Waals surface area contributed by atoms with Crippen LogP contribution in [0.2, 0.25) is 0 Å². The fourth-order valence-corrected chi connectivity index (χ4v) is 5.46. The number of sulfone groups is 1. The number of benzene rings is 2. The maximum Gasteiger partial charge on any atom is 0.416 e. The Kier molecular flexibility index (Phi) is 5.58. The molecular formula is C20H15F3N2O4S2. The average molecular weight is 468 g/mol. The van der Waals surface area contributed by atoms with Gasteiger partial charge in [0.1, 0.15) is 10.8 Å². The van der Waals surface area contributed by atoms with Crippen molar-refractivity contribution in [2.75, 3.05) is 0 Å². The van der Waals surface area contributed by atoms with E-state index in [0.29, 0.717) is 10.6 Å². The molecule has 0 radical (unpaired) electrons. The topological polar surface area (TPSA) is 76.6 Å². The third kappa shape index (κ3) is 4.78. The smallest absolute Gasteiger partial charge is 0.363 e. The van der Waals surface area contributed by atoms with Crippen LogP contribution in [-0.4, -0.2) is 24.4 Å². The third-order valence-corrected chi connectivity index (χ3v) is 7.25. The first kappa shape index (κ1) is 21.5. The molecule has 0 unspecified atom stereocenters. The van der Waals surface area contributed by atoms with Crippen LogP contribution in [0, 0.1) is 0 Å². The lowest BCUT2D eigenvalue weighted by Crippen LogP contribution is -2.22. The van der Waals surface area contributed by atoms with Crippen LogP contribution in [0.25, 0.3) is 0 Å². The van der Waals surface area contributed by atoms with Gasteiger partial charge in [-0.3, -0.25) is 0 Å². The van der Waals surface area contributed by atoms with Gasteiger partial charge in [0, 0.05) is 11.6 Å². The van der Waals surface area contributed by atoms with E-state index in [0.717, 1.165) is 23.8 Å². The van der Waals surface area contributed by atoms with Gasteiger partial charge >= 0.3 is 12.1 Å². The fraction of sp³-hybridized carbons (Fsp3) is 0.200. The van der Waals surface area contributed by atoms with Crippen molar-refractivity contribution in [3.05, 3.63) is 81.3 Å². The molecule has 162 valence electrons. The summed E-state index contributed by atoms with van der Waals surface area (Å²) >= 11 is 1.25. The number of hydroxylamine groups is 2. The predicted octanol–water partition coefficient (Wildman–Crippen LogP) is 4.22. The molecule has 0 saturated heterocycles. The number of carbonyl (C=O) groups is 1. The van der Waals surface area contributed by atoms with Gasteiger partial charge in [-0.25, -0.2) is 18.2 Å². The van der Waals surface area contributed by atoms with Gasteiger partial charge in [0.05, 0.1) is 29.1 Å². The Bertz CT molecular complexity index is 1230. The van der Waals surface area contributed by atoms with Crippen molar-refractivity contribution in [3.63, 3.8) is 0 Å². The number of fused-ring (bicyclic) bond motifs is 1. The van der Waals surface area contributed by atoms with Crippen LogP contribution in [0.5, 0.6) is 0 Å². The van der Waals surface area contributed by atoms with Crippen LogP contribution in [-0.2, 0) is 39.7 Å². The highest BCUT2D eigenvalue weighted by Gasteiger charge is 2.32. The first-order chi connectivity index (χ1) is 14.6. The Morgan fingerprint density at radius 2 is 1.90 bits per heavy atom. The maximum absolute atomic E-state index is 12.9. The minimum atomic E-state index is -4.57. The molecule has 2 heterocycles. The molecule has 1 aromatic heterocycles. The van der Waals surface area contributed by atoms with Gasteiger partial charge in [0.25, 0.3) is 0 Å². The van der Waals surface area contributed by atoms with Crippen molar-refractivity contribution in [2.45, 2.75) is 29.9 Å². The third-order valence-electron chi connectivity index (χ3n) is 4.66. The zero-order chi connectivity index (χ0) is 22.2. The van der Waals surface area contributed by atoms with Crippen molar-refractivity contribution in [1.29, 1.82) is 0 Å². The first-order valence-electron chi connectivity index (χ1n) is 8.99. The monoisotopic (exact) mass is 468 g/mol. The van der Waals surface area contributed by atoms with E-state index in [1.807, 2.05) is 0 Å². The molecule has 0 amide bonds. The van der Waals surface area contributed by atoms with Crippen LogP contribution < -0.4 is 0 Å². The van der Waals surface area contributed by atoms with E-state index < -0.39 is 27.5 Å². The van der Waals surface area contributed by atoms with E-state index in [1.165, 1.54) is 40.8 Å². The molecule has 0 aliphatic carbocycles. The molecule has 0 bridgehead atoms. The normalized spacial score (nSPS) is 14.4. The molecule has 0 spiro atoms. The number of rotatable bonds is 5. The number of nitrogens with zero attached hydrogens (tertiary/aromatic N) is 2. The summed E-state index contributed by atoms with van der Waals surface area (Å²) < 4.78 is 63.8. The molecule has 31 heavy (non-hydrogen) atoms. The summed E-state index contributed by atoms with van der Waals surface area (Å²) in [6.45, 7) is 0.327. The molecule has 6 nitrogen and oxygen atoms in total. The molecule has 0 N–H and O–H groups in total. The Balaban J connectivity index is 1.46. The van der Waals surface area contributed by atoms with Crippen LogP contribution in [0.1, 0.15) is 32.1 Å². The summed E-state index contributed by atoms with van der Waals surface area (Å²) in [4.78, 5) is 21.7. The average Bonchev–Trinajstić information content (AvgIpc) is 3.35. The van der Waals surface area contributed by atoms with Crippen LogP contribution >= 0.6 is 11.3 Å². The molecule has 0 saturated carbocycles. The van der Waals surface area contributed by atoms with Gasteiger partial charge < -0.3 is 4.84 Å². The fourth-order valence-electron chi connectivity index (χ4n) is 3.16. The van der Waals surface area contributed by atoms with E-state index in [2.05, 4.69) is 4.98 Å². The molecule has 4 rings (SSSR count). The number of halogens is 3. The van der Waals surface area contributed by atoms with Gasteiger partial charge in [0.2, 0.25) is 0 Å². The largest absolute Gasteiger partial charge is 0.416 e. The van der Waals surface area contributed by atoms with Crippen molar-refractivity contribution in [1.82, 2.24) is 10.0 Å². The Morgan fingerprint density at radius 3 is 2.61 bits per heavy atom. The molecular weight excluding hydrogens is 453 g/mol. The SMILES string of the molecule is O=C(ON1Cc2ccc(S(=O)(=O)Cc3nccs3)cc2C1)c1cccc(C(F)(F)F)c1. The molecule has 3 aromatic rings. The minimum absolute atomic E-state index is 0.126. The summed E-state index contributed by atoms with van der Waals surface area (Å²) in [7, 11) is -3.59. The Labute approximate surface area is 179 Å². The van der Waals surface area contributed by atoms with Gasteiger partial charge in [-0.05, 0) is 41.5 Å². The van der Waals surface area contributed by atoms with Gasteiger partial charge in [-0.15, -0.1) is 16.4 Å². The second kappa shape index (κ2) is 8.06. The highest BCUT2D eigenvalue weighted by Crippen LogP contribution is 2.31. The Hall–Kier alpha value is -2.76. The zero-order valence-corrected chi connectivity index (χ0v) is 17.4. The van der Waals surface area contributed by atoms with Gasteiger partial charge in [-0.1, -0.05) is 12.1 Å². The number of carbonyl (C=O) groups excluding carboxylic acids is 1. The van der Waals surface area contributed by atoms with Crippen molar-refractivity contribution >= 4 is 27.1 Å². The van der Waals surface area contributed by atoms with Crippen LogP contribution in [0.15, 0.2) is 58.9 Å². The number of alkyl halides is 3. The van der Waals surface area contributed by atoms with Crippen molar-refractivity contribution in [3.8, 4) is 0 Å². The molecule has 0 atom stereocenters. The van der Waals surface area contributed by atoms with E-state index in [-0.39, 0.29) is 29.3 Å². The van der Waals surface area contributed by atoms with E-state index >= 15 is 0 Å². The second-order valence-electron chi connectivity index (χ2n) is 6.87. The lowest BCUT2D eigenvalue weighted by atomic mass is 10.1. The standard InChI is InChI=1S/C20H15F3N2O4S2/c21-20(22,23)16-3-1-2-13(8-16)19(26)29-25-10-14-4-5-17(9-15(14)11-25)31(27,28)12-18-24-6-7-30-18/h1-9H,10-12H2. The first-order valence-corrected chi connectivity index (χ1v) is 11.5. The summed E-state index contributed by atoms with van der Waals surface area (Å²) in [5.74, 6) is -1.13. The van der Waals surface area contributed by atoms with E-state index in [1.54, 1.807) is 11.4 Å². The van der Waals surface area contributed by atoms with Crippen molar-refractivity contribution in [2.24, 2.45) is 0 Å². The highest BCUT2D eigenvalue weighted by molar-refractivity contribution is 7.90. The van der Waals surface area contributed by atoms with Crippen molar-refractivity contribution < 1.29 is 31.2 Å². The molecule has 1 aliphatic heterocycles. The highest BCUT2D eigenvalue weighted by atomic mass is 32.2. The predicted molar refractivity (Wildman–Crippen MR) is 106 cm³/mol. The Morgan fingerprint density at radius 1 is 1.13 bits per heavy atom. The molecule has 2 aromatic carbocycles. The van der Waals surface area contributed by atoms with E-state index in [4.69, 9.17) is 4.84 Å².